The van der Waals surface area contributed by atoms with Crippen LogP contribution in [0.15, 0.2) is 18.2 Å². The molecule has 0 spiro atoms. The van der Waals surface area contributed by atoms with E-state index in [4.69, 9.17) is 5.84 Å². The van der Waals surface area contributed by atoms with Crippen LogP contribution in [0.1, 0.15) is 49.3 Å². The number of hydrazine groups is 1. The lowest BCUT2D eigenvalue weighted by molar-refractivity contribution is 0.347. The number of nitrogens with one attached hydrogen (secondary N) is 1. The zero-order valence-electron chi connectivity index (χ0n) is 12.6. The molecule has 0 radical (unpaired) electrons. The number of rotatable bonds is 5. The second kappa shape index (κ2) is 6.53. The lowest BCUT2D eigenvalue weighted by atomic mass is 9.89. The molecule has 0 heterocycles. The molecule has 1 saturated carbocycles. The molecule has 1 aliphatic rings. The van der Waals surface area contributed by atoms with E-state index in [1.165, 1.54) is 42.4 Å². The first-order valence-electron chi connectivity index (χ1n) is 7.66. The molecule has 0 aromatic heterocycles. The van der Waals surface area contributed by atoms with Crippen molar-refractivity contribution in [3.05, 3.63) is 34.9 Å². The molecule has 1 aromatic carbocycles. The maximum absolute atomic E-state index is 5.83. The topological polar surface area (TPSA) is 38.0 Å². The van der Waals surface area contributed by atoms with Gasteiger partial charge in [0.2, 0.25) is 0 Å². The standard InChI is InChI=1S/C17H28N2/c1-4-14-7-8-15(10-14)17(19-18)11-16-9-12(2)5-6-13(16)3/h5-6,9,14-15,17,19H,4,7-8,10-11,18H2,1-3H3. The van der Waals surface area contributed by atoms with Crippen molar-refractivity contribution >= 4 is 0 Å². The highest BCUT2D eigenvalue weighted by molar-refractivity contribution is 5.31. The van der Waals surface area contributed by atoms with E-state index in [0.29, 0.717) is 6.04 Å². The number of benzene rings is 1. The van der Waals surface area contributed by atoms with Crippen LogP contribution < -0.4 is 11.3 Å². The van der Waals surface area contributed by atoms with Crippen LogP contribution in [0, 0.1) is 25.7 Å². The fourth-order valence-corrected chi connectivity index (χ4v) is 3.47. The van der Waals surface area contributed by atoms with Crippen molar-refractivity contribution in [2.45, 2.75) is 58.9 Å². The van der Waals surface area contributed by atoms with Crippen LogP contribution in [-0.2, 0) is 6.42 Å². The Bertz CT molecular complexity index is 414. The van der Waals surface area contributed by atoms with Crippen LogP contribution in [0.3, 0.4) is 0 Å². The van der Waals surface area contributed by atoms with Crippen molar-refractivity contribution < 1.29 is 0 Å². The van der Waals surface area contributed by atoms with Crippen LogP contribution in [0.25, 0.3) is 0 Å². The summed E-state index contributed by atoms with van der Waals surface area (Å²) in [4.78, 5) is 0. The number of aryl methyl sites for hydroxylation is 2. The summed E-state index contributed by atoms with van der Waals surface area (Å²) in [6, 6.07) is 7.15. The fraction of sp³-hybridized carbons (Fsp3) is 0.647. The van der Waals surface area contributed by atoms with Gasteiger partial charge in [0.05, 0.1) is 0 Å². The van der Waals surface area contributed by atoms with Gasteiger partial charge >= 0.3 is 0 Å². The molecule has 0 amide bonds. The maximum Gasteiger partial charge on any atom is 0.0279 e. The van der Waals surface area contributed by atoms with Gasteiger partial charge in [-0.15, -0.1) is 0 Å². The number of nitrogens with two attached hydrogens (primary N) is 1. The Kier molecular flexibility index (Phi) is 5.00. The Hall–Kier alpha value is -0.860. The first-order valence-corrected chi connectivity index (χ1v) is 7.66. The smallest absolute Gasteiger partial charge is 0.0279 e. The van der Waals surface area contributed by atoms with Gasteiger partial charge in [0.15, 0.2) is 0 Å². The lowest BCUT2D eigenvalue weighted by Gasteiger charge is -2.24. The molecule has 1 aliphatic carbocycles. The van der Waals surface area contributed by atoms with E-state index in [1.54, 1.807) is 0 Å². The van der Waals surface area contributed by atoms with Gasteiger partial charge in [-0.1, -0.05) is 43.5 Å². The quantitative estimate of drug-likeness (QED) is 0.628. The van der Waals surface area contributed by atoms with Gasteiger partial charge in [0.25, 0.3) is 0 Å². The summed E-state index contributed by atoms with van der Waals surface area (Å²) in [5.74, 6) is 7.49. The van der Waals surface area contributed by atoms with Crippen molar-refractivity contribution in [3.63, 3.8) is 0 Å². The minimum atomic E-state index is 0.428. The summed E-state index contributed by atoms with van der Waals surface area (Å²) in [5.41, 5.74) is 7.26. The van der Waals surface area contributed by atoms with E-state index in [-0.39, 0.29) is 0 Å². The molecule has 19 heavy (non-hydrogen) atoms. The largest absolute Gasteiger partial charge is 0.271 e. The average Bonchev–Trinajstić information content (AvgIpc) is 2.88. The third-order valence-corrected chi connectivity index (χ3v) is 4.89. The SMILES string of the molecule is CCC1CCC(C(Cc2cc(C)ccc2C)NN)C1. The normalized spacial score (nSPS) is 24.6. The minimum Gasteiger partial charge on any atom is -0.271 e. The monoisotopic (exact) mass is 260 g/mol. The minimum absolute atomic E-state index is 0.428. The molecule has 3 unspecified atom stereocenters. The summed E-state index contributed by atoms with van der Waals surface area (Å²) in [5, 5.41) is 0. The Morgan fingerprint density at radius 2 is 2.11 bits per heavy atom. The van der Waals surface area contributed by atoms with Crippen LogP contribution in [0.5, 0.6) is 0 Å². The predicted molar refractivity (Wildman–Crippen MR) is 81.9 cm³/mol. The van der Waals surface area contributed by atoms with Gasteiger partial charge in [-0.05, 0) is 56.1 Å². The molecule has 1 aromatic rings. The molecule has 2 nitrogen and oxygen atoms in total. The van der Waals surface area contributed by atoms with Gasteiger partial charge in [0, 0.05) is 6.04 Å². The van der Waals surface area contributed by atoms with E-state index >= 15 is 0 Å². The first-order chi connectivity index (χ1) is 9.13. The fourth-order valence-electron chi connectivity index (χ4n) is 3.47. The summed E-state index contributed by atoms with van der Waals surface area (Å²) < 4.78 is 0. The van der Waals surface area contributed by atoms with E-state index in [1.807, 2.05) is 0 Å². The highest BCUT2D eigenvalue weighted by Gasteiger charge is 2.29. The van der Waals surface area contributed by atoms with Crippen molar-refractivity contribution in [3.8, 4) is 0 Å². The van der Waals surface area contributed by atoms with Gasteiger partial charge < -0.3 is 0 Å². The zero-order valence-corrected chi connectivity index (χ0v) is 12.6. The third kappa shape index (κ3) is 3.58. The molecule has 3 atom stereocenters. The Labute approximate surface area is 117 Å². The molecule has 0 aliphatic heterocycles. The number of hydrogen-bond acceptors (Lipinski definition) is 2. The third-order valence-electron chi connectivity index (χ3n) is 4.89. The van der Waals surface area contributed by atoms with Crippen molar-refractivity contribution in [2.75, 3.05) is 0 Å². The maximum atomic E-state index is 5.83. The first kappa shape index (κ1) is 14.5. The molecule has 3 N–H and O–H groups in total. The van der Waals surface area contributed by atoms with Crippen LogP contribution in [0.4, 0.5) is 0 Å². The average molecular weight is 260 g/mol. The second-order valence-electron chi connectivity index (χ2n) is 6.25. The summed E-state index contributed by atoms with van der Waals surface area (Å²) in [6.07, 6.45) is 6.43. The van der Waals surface area contributed by atoms with Gasteiger partial charge in [-0.3, -0.25) is 11.3 Å². The summed E-state index contributed by atoms with van der Waals surface area (Å²) in [7, 11) is 0. The summed E-state index contributed by atoms with van der Waals surface area (Å²) in [6.45, 7) is 6.67. The lowest BCUT2D eigenvalue weighted by Crippen LogP contribution is -2.42. The molecule has 2 rings (SSSR count). The van der Waals surface area contributed by atoms with E-state index < -0.39 is 0 Å². The number of hydrogen-bond donors (Lipinski definition) is 2. The molecule has 0 saturated heterocycles. The second-order valence-corrected chi connectivity index (χ2v) is 6.25. The molecule has 2 heteroatoms. The van der Waals surface area contributed by atoms with Crippen LogP contribution >= 0.6 is 0 Å². The molecular weight excluding hydrogens is 232 g/mol. The van der Waals surface area contributed by atoms with Crippen molar-refractivity contribution in [2.24, 2.45) is 17.7 Å². The van der Waals surface area contributed by atoms with Crippen molar-refractivity contribution in [1.29, 1.82) is 0 Å². The van der Waals surface area contributed by atoms with Gasteiger partial charge in [-0.25, -0.2) is 0 Å². The van der Waals surface area contributed by atoms with E-state index in [9.17, 15) is 0 Å². The Balaban J connectivity index is 2.05. The van der Waals surface area contributed by atoms with Crippen molar-refractivity contribution in [1.82, 2.24) is 5.43 Å². The van der Waals surface area contributed by atoms with Gasteiger partial charge in [0.1, 0.15) is 0 Å². The van der Waals surface area contributed by atoms with Crippen LogP contribution in [-0.4, -0.2) is 6.04 Å². The highest BCUT2D eigenvalue weighted by atomic mass is 15.2. The van der Waals surface area contributed by atoms with E-state index in [0.717, 1.165) is 18.3 Å². The Morgan fingerprint density at radius 3 is 2.74 bits per heavy atom. The molecule has 1 fully saturated rings. The molecule has 0 bridgehead atoms. The predicted octanol–water partition coefficient (Wildman–Crippen LogP) is 3.50. The zero-order chi connectivity index (χ0) is 13.8. The Morgan fingerprint density at radius 1 is 1.32 bits per heavy atom. The molecule has 106 valence electrons. The van der Waals surface area contributed by atoms with E-state index in [2.05, 4.69) is 44.4 Å². The van der Waals surface area contributed by atoms with Gasteiger partial charge in [-0.2, -0.15) is 0 Å². The summed E-state index contributed by atoms with van der Waals surface area (Å²) >= 11 is 0. The molecular formula is C17H28N2. The van der Waals surface area contributed by atoms with Crippen LogP contribution in [0.2, 0.25) is 0 Å². The highest BCUT2D eigenvalue weighted by Crippen LogP contribution is 2.35.